The molecule has 1 heterocycles. The molecular weight excluding hydrogens is 330 g/mol. The van der Waals surface area contributed by atoms with Crippen LogP contribution in [0.5, 0.6) is 0 Å². The van der Waals surface area contributed by atoms with E-state index >= 15 is 0 Å². The van der Waals surface area contributed by atoms with Crippen LogP contribution in [0.2, 0.25) is 0 Å². The van der Waals surface area contributed by atoms with Crippen molar-refractivity contribution in [1.29, 1.82) is 0 Å². The summed E-state index contributed by atoms with van der Waals surface area (Å²) >= 11 is 0. The number of hydrogen-bond donors (Lipinski definition) is 1. The second-order valence-corrected chi connectivity index (χ2v) is 8.19. The van der Waals surface area contributed by atoms with Gasteiger partial charge in [-0.1, -0.05) is 44.2 Å². The van der Waals surface area contributed by atoms with Crippen molar-refractivity contribution in [3.63, 3.8) is 0 Å². The van der Waals surface area contributed by atoms with Gasteiger partial charge >= 0.3 is 6.03 Å². The summed E-state index contributed by atoms with van der Waals surface area (Å²) in [5.41, 5.74) is 0.578. The van der Waals surface area contributed by atoms with Crippen LogP contribution >= 0.6 is 0 Å². The molecule has 0 aromatic heterocycles. The average molecular weight is 359 g/mol. The van der Waals surface area contributed by atoms with E-state index in [0.717, 1.165) is 10.5 Å². The Kier molecular flexibility index (Phi) is 6.05. The molecule has 6 nitrogen and oxygen atoms in total. The van der Waals surface area contributed by atoms with Gasteiger partial charge in [0.2, 0.25) is 5.91 Å². The predicted octanol–water partition coefficient (Wildman–Crippen LogP) is 2.78. The largest absolute Gasteiger partial charge is 0.332 e. The predicted molar refractivity (Wildman–Crippen MR) is 100 cm³/mol. The van der Waals surface area contributed by atoms with Gasteiger partial charge in [-0.3, -0.25) is 14.5 Å². The maximum atomic E-state index is 12.9. The molecule has 1 aliphatic heterocycles. The van der Waals surface area contributed by atoms with E-state index in [2.05, 4.69) is 5.32 Å². The number of carbonyl (C=O) groups is 3. The van der Waals surface area contributed by atoms with E-state index < -0.39 is 17.6 Å². The van der Waals surface area contributed by atoms with E-state index in [9.17, 15) is 14.4 Å². The van der Waals surface area contributed by atoms with Gasteiger partial charge in [0, 0.05) is 12.1 Å². The Balaban J connectivity index is 2.12. The van der Waals surface area contributed by atoms with E-state index in [1.54, 1.807) is 4.90 Å². The van der Waals surface area contributed by atoms with E-state index in [4.69, 9.17) is 0 Å². The first-order valence-electron chi connectivity index (χ1n) is 9.06. The first-order valence-corrected chi connectivity index (χ1v) is 9.06. The van der Waals surface area contributed by atoms with Crippen molar-refractivity contribution in [3.8, 4) is 0 Å². The van der Waals surface area contributed by atoms with Crippen molar-refractivity contribution in [2.45, 2.75) is 59.2 Å². The molecule has 0 radical (unpaired) electrons. The van der Waals surface area contributed by atoms with Gasteiger partial charge in [-0.2, -0.15) is 0 Å². The summed E-state index contributed by atoms with van der Waals surface area (Å²) in [4.78, 5) is 40.3. The maximum absolute atomic E-state index is 12.9. The van der Waals surface area contributed by atoms with Crippen molar-refractivity contribution in [1.82, 2.24) is 15.1 Å². The van der Waals surface area contributed by atoms with Gasteiger partial charge in [-0.25, -0.2) is 4.79 Å². The maximum Gasteiger partial charge on any atom is 0.325 e. The standard InChI is InChI=1S/C20H29N3O3/c1-14(2)11-16-18(25)22(19(26)21-16)13-17(24)23(20(3,4)5)12-15-9-7-6-8-10-15/h6-10,14,16H,11-13H2,1-5H3,(H,21,26). The summed E-state index contributed by atoms with van der Waals surface area (Å²) in [5, 5.41) is 2.68. The molecule has 2 rings (SSSR count). The molecule has 0 saturated carbocycles. The zero-order chi connectivity index (χ0) is 19.5. The SMILES string of the molecule is CC(C)CC1NC(=O)N(CC(=O)N(Cc2ccccc2)C(C)(C)C)C1=O. The number of carbonyl (C=O) groups excluding carboxylic acids is 3. The zero-order valence-corrected chi connectivity index (χ0v) is 16.3. The van der Waals surface area contributed by atoms with Crippen LogP contribution in [-0.4, -0.2) is 45.8 Å². The van der Waals surface area contributed by atoms with Gasteiger partial charge in [-0.15, -0.1) is 0 Å². The lowest BCUT2D eigenvalue weighted by Gasteiger charge is -2.36. The van der Waals surface area contributed by atoms with Crippen molar-refractivity contribution in [2.24, 2.45) is 5.92 Å². The highest BCUT2D eigenvalue weighted by Gasteiger charge is 2.40. The average Bonchev–Trinajstić information content (AvgIpc) is 2.79. The third kappa shape index (κ3) is 4.84. The van der Waals surface area contributed by atoms with Crippen LogP contribution in [0, 0.1) is 5.92 Å². The van der Waals surface area contributed by atoms with Gasteiger partial charge in [0.15, 0.2) is 0 Å². The minimum absolute atomic E-state index is 0.233. The highest BCUT2D eigenvalue weighted by molar-refractivity contribution is 6.06. The second kappa shape index (κ2) is 7.89. The van der Waals surface area contributed by atoms with Gasteiger partial charge in [0.25, 0.3) is 5.91 Å². The number of rotatable bonds is 6. The fourth-order valence-electron chi connectivity index (χ4n) is 3.04. The van der Waals surface area contributed by atoms with Crippen molar-refractivity contribution in [3.05, 3.63) is 35.9 Å². The summed E-state index contributed by atoms with van der Waals surface area (Å²) in [6, 6.07) is 8.67. The molecular formula is C20H29N3O3. The molecule has 1 unspecified atom stereocenters. The third-order valence-electron chi connectivity index (χ3n) is 4.40. The molecule has 1 N–H and O–H groups in total. The van der Waals surface area contributed by atoms with E-state index in [1.807, 2.05) is 65.0 Å². The van der Waals surface area contributed by atoms with Gasteiger partial charge < -0.3 is 10.2 Å². The summed E-state index contributed by atoms with van der Waals surface area (Å²) in [6.07, 6.45) is 0.572. The Bertz CT molecular complexity index is 665. The first kappa shape index (κ1) is 19.9. The summed E-state index contributed by atoms with van der Waals surface area (Å²) in [7, 11) is 0. The van der Waals surface area contributed by atoms with Crippen LogP contribution in [0.4, 0.5) is 4.79 Å². The summed E-state index contributed by atoms with van der Waals surface area (Å²) in [6.45, 7) is 10.0. The number of amides is 4. The minimum Gasteiger partial charge on any atom is -0.332 e. The van der Waals surface area contributed by atoms with Gasteiger partial charge in [-0.05, 0) is 38.7 Å². The molecule has 1 fully saturated rings. The lowest BCUT2D eigenvalue weighted by atomic mass is 10.0. The number of nitrogens with one attached hydrogen (secondary N) is 1. The smallest absolute Gasteiger partial charge is 0.325 e. The third-order valence-corrected chi connectivity index (χ3v) is 4.40. The summed E-state index contributed by atoms with van der Waals surface area (Å²) < 4.78 is 0. The Labute approximate surface area is 155 Å². The van der Waals surface area contributed by atoms with Crippen LogP contribution in [0.25, 0.3) is 0 Å². The van der Waals surface area contributed by atoms with E-state index in [-0.39, 0.29) is 24.3 Å². The number of imide groups is 1. The minimum atomic E-state index is -0.535. The normalized spacial score (nSPS) is 17.6. The summed E-state index contributed by atoms with van der Waals surface area (Å²) in [5.74, 6) is -0.273. The van der Waals surface area contributed by atoms with Crippen LogP contribution in [-0.2, 0) is 16.1 Å². The van der Waals surface area contributed by atoms with Gasteiger partial charge in [0.05, 0.1) is 0 Å². The quantitative estimate of drug-likeness (QED) is 0.794. The Morgan fingerprint density at radius 1 is 1.19 bits per heavy atom. The number of hydrogen-bond acceptors (Lipinski definition) is 3. The van der Waals surface area contributed by atoms with Crippen molar-refractivity contribution in [2.75, 3.05) is 6.54 Å². The molecule has 26 heavy (non-hydrogen) atoms. The Hall–Kier alpha value is -2.37. The molecule has 1 aromatic rings. The van der Waals surface area contributed by atoms with Crippen molar-refractivity contribution < 1.29 is 14.4 Å². The topological polar surface area (TPSA) is 69.7 Å². The number of benzene rings is 1. The molecule has 1 saturated heterocycles. The highest BCUT2D eigenvalue weighted by Crippen LogP contribution is 2.20. The van der Waals surface area contributed by atoms with E-state index in [1.165, 1.54) is 0 Å². The van der Waals surface area contributed by atoms with Crippen LogP contribution in [0.1, 0.15) is 46.6 Å². The zero-order valence-electron chi connectivity index (χ0n) is 16.3. The van der Waals surface area contributed by atoms with Crippen LogP contribution in [0.15, 0.2) is 30.3 Å². The molecule has 0 aliphatic carbocycles. The fourth-order valence-corrected chi connectivity index (χ4v) is 3.04. The lowest BCUT2D eigenvalue weighted by molar-refractivity contribution is -0.141. The lowest BCUT2D eigenvalue weighted by Crippen LogP contribution is -2.50. The molecule has 0 spiro atoms. The Morgan fingerprint density at radius 3 is 2.35 bits per heavy atom. The molecule has 6 heteroatoms. The van der Waals surface area contributed by atoms with Crippen molar-refractivity contribution >= 4 is 17.8 Å². The van der Waals surface area contributed by atoms with Crippen LogP contribution < -0.4 is 5.32 Å². The second-order valence-electron chi connectivity index (χ2n) is 8.19. The molecule has 1 aromatic carbocycles. The number of urea groups is 1. The molecule has 4 amide bonds. The molecule has 1 atom stereocenters. The highest BCUT2D eigenvalue weighted by atomic mass is 16.2. The Morgan fingerprint density at radius 2 is 1.81 bits per heavy atom. The fraction of sp³-hybridized carbons (Fsp3) is 0.550. The van der Waals surface area contributed by atoms with Gasteiger partial charge in [0.1, 0.15) is 12.6 Å². The van der Waals surface area contributed by atoms with E-state index in [0.29, 0.717) is 13.0 Å². The monoisotopic (exact) mass is 359 g/mol. The molecule has 142 valence electrons. The number of nitrogens with zero attached hydrogens (tertiary/aromatic N) is 2. The molecule has 0 bridgehead atoms. The van der Waals surface area contributed by atoms with Crippen LogP contribution in [0.3, 0.4) is 0 Å². The first-order chi connectivity index (χ1) is 12.1. The molecule has 1 aliphatic rings.